The first-order valence-corrected chi connectivity index (χ1v) is 11.4. The minimum Gasteiger partial charge on any atom is -0.496 e. The molecule has 1 aliphatic rings. The largest absolute Gasteiger partial charge is 0.496 e. The number of hydrogen-bond acceptors (Lipinski definition) is 8. The number of nitrogens with one attached hydrogen (secondary N) is 1. The first-order valence-electron chi connectivity index (χ1n) is 11.4. The van der Waals surface area contributed by atoms with Crippen molar-refractivity contribution in [3.63, 3.8) is 0 Å². The Labute approximate surface area is 213 Å². The second-order valence-corrected chi connectivity index (χ2v) is 8.51. The number of ether oxygens (including phenoxy) is 4. The van der Waals surface area contributed by atoms with Crippen LogP contribution in [0, 0.1) is 0 Å². The third kappa shape index (κ3) is 4.44. The fourth-order valence-electron chi connectivity index (χ4n) is 4.46. The van der Waals surface area contributed by atoms with Crippen molar-refractivity contribution in [1.29, 1.82) is 0 Å². The van der Waals surface area contributed by atoms with E-state index in [-0.39, 0.29) is 24.5 Å². The number of amides is 2. The van der Waals surface area contributed by atoms with Crippen LogP contribution in [0.4, 0.5) is 5.69 Å². The molecule has 1 N–H and O–H groups in total. The van der Waals surface area contributed by atoms with Gasteiger partial charge in [0, 0.05) is 23.9 Å². The number of carbonyl (C=O) groups is 3. The lowest BCUT2D eigenvalue weighted by Gasteiger charge is -2.43. The van der Waals surface area contributed by atoms with Crippen LogP contribution < -0.4 is 24.4 Å². The van der Waals surface area contributed by atoms with Gasteiger partial charge in [0.1, 0.15) is 17.0 Å². The number of nitrogens with zero attached hydrogens (tertiary/aromatic N) is 3. The van der Waals surface area contributed by atoms with Crippen molar-refractivity contribution in [1.82, 2.24) is 14.9 Å². The van der Waals surface area contributed by atoms with E-state index < -0.39 is 23.3 Å². The molecule has 1 unspecified atom stereocenters. The molecule has 11 heteroatoms. The Morgan fingerprint density at radius 2 is 1.70 bits per heavy atom. The van der Waals surface area contributed by atoms with Crippen molar-refractivity contribution in [2.45, 2.75) is 25.6 Å². The van der Waals surface area contributed by atoms with E-state index in [1.165, 1.54) is 37.1 Å². The maximum atomic E-state index is 14.0. The number of anilines is 1. The highest BCUT2D eigenvalue weighted by Gasteiger charge is 2.50. The van der Waals surface area contributed by atoms with Crippen molar-refractivity contribution in [3.8, 4) is 17.2 Å². The summed E-state index contributed by atoms with van der Waals surface area (Å²) in [6.45, 7) is 1.86. The van der Waals surface area contributed by atoms with Gasteiger partial charge >= 0.3 is 5.97 Å². The molecular weight excluding hydrogens is 480 g/mol. The van der Waals surface area contributed by atoms with Crippen molar-refractivity contribution < 1.29 is 33.3 Å². The standard InChI is InChI=1S/C26H28N4O7/c1-26(25(33)27-13-16-8-6-7-9-18(16)34-2)14-29-15-28-21(24(32)37-5)22(29)23(31)30(26)17-10-11-19(35-3)20(12-17)36-4/h6-12,15H,13-14H2,1-5H3,(H,27,33). The number of para-hydroxylation sites is 1. The molecule has 2 amide bonds. The van der Waals surface area contributed by atoms with E-state index in [1.807, 2.05) is 18.2 Å². The second kappa shape index (κ2) is 10.2. The highest BCUT2D eigenvalue weighted by molar-refractivity contribution is 6.15. The van der Waals surface area contributed by atoms with Crippen LogP contribution in [0.3, 0.4) is 0 Å². The van der Waals surface area contributed by atoms with E-state index in [4.69, 9.17) is 18.9 Å². The zero-order chi connectivity index (χ0) is 26.7. The minimum atomic E-state index is -1.40. The van der Waals surface area contributed by atoms with Gasteiger partial charge in [-0.25, -0.2) is 9.78 Å². The van der Waals surface area contributed by atoms with E-state index in [0.29, 0.717) is 22.9 Å². The average molecular weight is 509 g/mol. The predicted octanol–water partition coefficient (Wildman–Crippen LogP) is 2.43. The van der Waals surface area contributed by atoms with Crippen LogP contribution in [0.5, 0.6) is 17.2 Å². The van der Waals surface area contributed by atoms with Crippen LogP contribution in [0.2, 0.25) is 0 Å². The third-order valence-electron chi connectivity index (χ3n) is 6.34. The van der Waals surface area contributed by atoms with E-state index >= 15 is 0 Å². The van der Waals surface area contributed by atoms with Gasteiger partial charge < -0.3 is 28.8 Å². The molecule has 194 valence electrons. The maximum absolute atomic E-state index is 14.0. The summed E-state index contributed by atoms with van der Waals surface area (Å²) in [6, 6.07) is 12.2. The van der Waals surface area contributed by atoms with Crippen molar-refractivity contribution in [2.24, 2.45) is 0 Å². The number of esters is 1. The van der Waals surface area contributed by atoms with Crippen molar-refractivity contribution in [3.05, 3.63) is 65.7 Å². The molecule has 0 bridgehead atoms. The molecule has 0 fully saturated rings. The number of fused-ring (bicyclic) bond motifs is 1. The summed E-state index contributed by atoms with van der Waals surface area (Å²) in [5.41, 5.74) is -0.357. The van der Waals surface area contributed by atoms with Gasteiger partial charge in [0.05, 0.1) is 41.3 Å². The van der Waals surface area contributed by atoms with Crippen LogP contribution in [0.25, 0.3) is 0 Å². The van der Waals surface area contributed by atoms with Gasteiger partial charge in [0.2, 0.25) is 5.91 Å². The Hall–Kier alpha value is -4.54. The molecule has 37 heavy (non-hydrogen) atoms. The van der Waals surface area contributed by atoms with Gasteiger partial charge in [0.15, 0.2) is 17.2 Å². The summed E-state index contributed by atoms with van der Waals surface area (Å²) in [5, 5.41) is 2.93. The number of imidazole rings is 1. The second-order valence-electron chi connectivity index (χ2n) is 8.51. The Balaban J connectivity index is 1.79. The van der Waals surface area contributed by atoms with Gasteiger partial charge in [0.25, 0.3) is 5.91 Å². The van der Waals surface area contributed by atoms with Crippen LogP contribution in [-0.2, 0) is 22.6 Å². The molecule has 11 nitrogen and oxygen atoms in total. The first-order chi connectivity index (χ1) is 17.8. The normalized spacial score (nSPS) is 16.6. The topological polar surface area (TPSA) is 121 Å². The maximum Gasteiger partial charge on any atom is 0.359 e. The van der Waals surface area contributed by atoms with E-state index in [9.17, 15) is 14.4 Å². The SMILES string of the molecule is COC(=O)c1ncn2c1C(=O)N(c1ccc(OC)c(OC)c1)C(C)(C(=O)NCc1ccccc1OC)C2. The quantitative estimate of drug-likeness (QED) is 0.461. The van der Waals surface area contributed by atoms with Crippen LogP contribution in [0.15, 0.2) is 48.8 Å². The van der Waals surface area contributed by atoms with Gasteiger partial charge in [-0.3, -0.25) is 14.5 Å². The first kappa shape index (κ1) is 25.5. The van der Waals surface area contributed by atoms with Crippen LogP contribution >= 0.6 is 0 Å². The number of benzene rings is 2. The van der Waals surface area contributed by atoms with E-state index in [2.05, 4.69) is 10.3 Å². The summed E-state index contributed by atoms with van der Waals surface area (Å²) < 4.78 is 22.5. The van der Waals surface area contributed by atoms with Crippen LogP contribution in [-0.4, -0.2) is 61.3 Å². The fraction of sp³-hybridized carbons (Fsp3) is 0.308. The van der Waals surface area contributed by atoms with Crippen molar-refractivity contribution >= 4 is 23.5 Å². The van der Waals surface area contributed by atoms with Crippen LogP contribution in [0.1, 0.15) is 33.5 Å². The molecule has 2 heterocycles. The molecule has 1 aliphatic heterocycles. The molecule has 1 aromatic heterocycles. The molecule has 1 atom stereocenters. The predicted molar refractivity (Wildman–Crippen MR) is 133 cm³/mol. The molecule has 0 spiro atoms. The molecule has 2 aromatic carbocycles. The lowest BCUT2D eigenvalue weighted by atomic mass is 9.93. The van der Waals surface area contributed by atoms with Crippen molar-refractivity contribution in [2.75, 3.05) is 33.3 Å². The molecule has 0 saturated heterocycles. The van der Waals surface area contributed by atoms with Gasteiger partial charge in [-0.2, -0.15) is 0 Å². The van der Waals surface area contributed by atoms with Gasteiger partial charge in [-0.1, -0.05) is 18.2 Å². The summed E-state index contributed by atoms with van der Waals surface area (Å²) >= 11 is 0. The third-order valence-corrected chi connectivity index (χ3v) is 6.34. The summed E-state index contributed by atoms with van der Waals surface area (Å²) in [7, 11) is 5.74. The molecule has 4 rings (SSSR count). The molecular formula is C26H28N4O7. The number of carbonyl (C=O) groups excluding carboxylic acids is 3. The number of hydrogen-bond donors (Lipinski definition) is 1. The minimum absolute atomic E-state index is 0.0247. The lowest BCUT2D eigenvalue weighted by molar-refractivity contribution is -0.126. The van der Waals surface area contributed by atoms with E-state index in [1.54, 1.807) is 38.3 Å². The summed E-state index contributed by atoms with van der Waals surface area (Å²) in [6.07, 6.45) is 1.36. The number of methoxy groups -OCH3 is 4. The molecule has 3 aromatic rings. The number of aromatic nitrogens is 2. The zero-order valence-electron chi connectivity index (χ0n) is 21.2. The summed E-state index contributed by atoms with van der Waals surface area (Å²) in [5.74, 6) is -0.301. The van der Waals surface area contributed by atoms with Gasteiger partial charge in [-0.05, 0) is 25.1 Å². The Kier molecular flexibility index (Phi) is 7.05. The zero-order valence-corrected chi connectivity index (χ0v) is 21.2. The smallest absolute Gasteiger partial charge is 0.359 e. The fourth-order valence-corrected chi connectivity index (χ4v) is 4.46. The lowest BCUT2D eigenvalue weighted by Crippen LogP contribution is -2.64. The molecule has 0 radical (unpaired) electrons. The monoisotopic (exact) mass is 508 g/mol. The van der Waals surface area contributed by atoms with Gasteiger partial charge in [-0.15, -0.1) is 0 Å². The highest BCUT2D eigenvalue weighted by Crippen LogP contribution is 2.38. The van der Waals surface area contributed by atoms with E-state index in [0.717, 1.165) is 5.56 Å². The molecule has 0 aliphatic carbocycles. The average Bonchev–Trinajstić information content (AvgIpc) is 3.34. The Bertz CT molecular complexity index is 1350. The number of rotatable bonds is 8. The Morgan fingerprint density at radius 3 is 2.38 bits per heavy atom. The highest BCUT2D eigenvalue weighted by atomic mass is 16.5. The Morgan fingerprint density at radius 1 is 1.00 bits per heavy atom. The summed E-state index contributed by atoms with van der Waals surface area (Å²) in [4.78, 5) is 45.5. The molecule has 0 saturated carbocycles.